The van der Waals surface area contributed by atoms with Crippen LogP contribution in [0, 0.1) is 0 Å². The Morgan fingerprint density at radius 2 is 2.22 bits per heavy atom. The smallest absolute Gasteiger partial charge is 0.0356 e. The molecule has 0 saturated heterocycles. The van der Waals surface area contributed by atoms with E-state index in [1.807, 2.05) is 0 Å². The lowest BCUT2D eigenvalue weighted by Crippen LogP contribution is -2.17. The fourth-order valence-corrected chi connectivity index (χ4v) is 0.742. The van der Waals surface area contributed by atoms with Gasteiger partial charge in [0.15, 0.2) is 0 Å². The first-order valence-corrected chi connectivity index (χ1v) is 3.01. The van der Waals surface area contributed by atoms with Gasteiger partial charge in [-0.05, 0) is 19.2 Å². The van der Waals surface area contributed by atoms with Gasteiger partial charge in [0.25, 0.3) is 0 Å². The molecule has 1 rings (SSSR count). The van der Waals surface area contributed by atoms with Crippen LogP contribution in [0.3, 0.4) is 0 Å². The predicted molar refractivity (Wildman–Crippen MR) is 39.1 cm³/mol. The third-order valence-corrected chi connectivity index (χ3v) is 1.29. The molecule has 1 aliphatic heterocycles. The van der Waals surface area contributed by atoms with Crippen molar-refractivity contribution in [2.75, 3.05) is 13.1 Å². The molecule has 0 fully saturated rings. The molecular formula is C7H13NO. The molecule has 1 aliphatic rings. The summed E-state index contributed by atoms with van der Waals surface area (Å²) in [5.41, 5.74) is 0. The van der Waals surface area contributed by atoms with E-state index in [-0.39, 0.29) is 5.48 Å². The number of hydrogen-bond donors (Lipinski definition) is 0. The van der Waals surface area contributed by atoms with Crippen LogP contribution in [0.4, 0.5) is 0 Å². The van der Waals surface area contributed by atoms with Gasteiger partial charge in [0.1, 0.15) is 0 Å². The summed E-state index contributed by atoms with van der Waals surface area (Å²) in [5.74, 6) is 0. The van der Waals surface area contributed by atoms with Crippen LogP contribution in [-0.4, -0.2) is 23.5 Å². The molecule has 2 nitrogen and oxygen atoms in total. The average Bonchev–Trinajstić information content (AvgIpc) is 1.90. The van der Waals surface area contributed by atoms with E-state index in [4.69, 9.17) is 0 Å². The van der Waals surface area contributed by atoms with Crippen LogP contribution in [-0.2, 0) is 0 Å². The van der Waals surface area contributed by atoms with Gasteiger partial charge < -0.3 is 10.4 Å². The molecule has 1 heterocycles. The number of hydrogen-bond acceptors (Lipinski definition) is 1. The quantitative estimate of drug-likeness (QED) is 0.507. The molecule has 52 valence electrons. The third kappa shape index (κ3) is 2.33. The van der Waals surface area contributed by atoms with Gasteiger partial charge in [-0.25, -0.2) is 0 Å². The van der Waals surface area contributed by atoms with Gasteiger partial charge in [0, 0.05) is 13.1 Å². The van der Waals surface area contributed by atoms with Crippen LogP contribution in [0.5, 0.6) is 0 Å². The minimum absolute atomic E-state index is 0. The number of nitrogens with zero attached hydrogens (tertiary/aromatic N) is 1. The highest BCUT2D eigenvalue weighted by Crippen LogP contribution is 1.95. The van der Waals surface area contributed by atoms with E-state index in [1.165, 1.54) is 0 Å². The summed E-state index contributed by atoms with van der Waals surface area (Å²) in [5, 5.41) is 0. The van der Waals surface area contributed by atoms with Gasteiger partial charge in [0.05, 0.1) is 0 Å². The maximum atomic E-state index is 2.25. The van der Waals surface area contributed by atoms with E-state index in [2.05, 4.69) is 36.3 Å². The molecule has 0 amide bonds. The third-order valence-electron chi connectivity index (χ3n) is 1.29. The molecule has 0 unspecified atom stereocenters. The summed E-state index contributed by atoms with van der Waals surface area (Å²) in [6, 6.07) is 0. The Hall–Kier alpha value is -0.760. The first-order valence-electron chi connectivity index (χ1n) is 3.01. The number of likely N-dealkylation sites (N-methyl/N-ethyl adjacent to an activating group) is 1. The summed E-state index contributed by atoms with van der Waals surface area (Å²) in [4.78, 5) is 2.25. The van der Waals surface area contributed by atoms with Crippen molar-refractivity contribution < 1.29 is 5.48 Å². The van der Waals surface area contributed by atoms with Crippen molar-refractivity contribution >= 4 is 0 Å². The molecule has 0 saturated carbocycles. The molecule has 2 heteroatoms. The molecule has 9 heavy (non-hydrogen) atoms. The molecule has 0 spiro atoms. The van der Waals surface area contributed by atoms with Crippen LogP contribution in [0.25, 0.3) is 0 Å². The van der Waals surface area contributed by atoms with E-state index in [0.717, 1.165) is 13.1 Å². The SMILES string of the molecule is CCN1C=CC=CC1.O. The molecule has 0 aromatic heterocycles. The molecular weight excluding hydrogens is 114 g/mol. The van der Waals surface area contributed by atoms with Crippen molar-refractivity contribution in [3.8, 4) is 0 Å². The monoisotopic (exact) mass is 127 g/mol. The van der Waals surface area contributed by atoms with Crippen molar-refractivity contribution in [2.45, 2.75) is 6.92 Å². The molecule has 0 aliphatic carbocycles. The second kappa shape index (κ2) is 4.15. The summed E-state index contributed by atoms with van der Waals surface area (Å²) in [6.07, 6.45) is 8.41. The van der Waals surface area contributed by atoms with Crippen LogP contribution in [0.1, 0.15) is 6.92 Å². The standard InChI is InChI=1S/C7H11N.H2O/c1-2-8-6-4-3-5-7-8;/h3-6H,2,7H2,1H3;1H2. The van der Waals surface area contributed by atoms with Crippen LogP contribution in [0.15, 0.2) is 24.4 Å². The van der Waals surface area contributed by atoms with Crippen LogP contribution >= 0.6 is 0 Å². The Balaban J connectivity index is 0.000000640. The summed E-state index contributed by atoms with van der Waals surface area (Å²) in [7, 11) is 0. The van der Waals surface area contributed by atoms with E-state index in [1.54, 1.807) is 0 Å². The van der Waals surface area contributed by atoms with E-state index >= 15 is 0 Å². The zero-order valence-electron chi connectivity index (χ0n) is 5.67. The Labute approximate surface area is 55.8 Å². The Kier molecular flexibility index (Phi) is 3.80. The largest absolute Gasteiger partial charge is 0.412 e. The first kappa shape index (κ1) is 8.24. The molecule has 0 bridgehead atoms. The van der Waals surface area contributed by atoms with Crippen molar-refractivity contribution in [2.24, 2.45) is 0 Å². The van der Waals surface area contributed by atoms with Gasteiger partial charge in [-0.3, -0.25) is 0 Å². The minimum Gasteiger partial charge on any atom is -0.412 e. The van der Waals surface area contributed by atoms with Gasteiger partial charge in [0.2, 0.25) is 0 Å². The highest BCUT2D eigenvalue weighted by atomic mass is 16.0. The molecule has 0 atom stereocenters. The highest BCUT2D eigenvalue weighted by molar-refractivity contribution is 5.08. The molecule has 2 N–H and O–H groups in total. The van der Waals surface area contributed by atoms with Gasteiger partial charge in [-0.2, -0.15) is 0 Å². The lowest BCUT2D eigenvalue weighted by Gasteiger charge is -2.16. The first-order chi connectivity index (χ1) is 3.93. The van der Waals surface area contributed by atoms with Gasteiger partial charge >= 0.3 is 0 Å². The summed E-state index contributed by atoms with van der Waals surface area (Å²) >= 11 is 0. The fourth-order valence-electron chi connectivity index (χ4n) is 0.742. The lowest BCUT2D eigenvalue weighted by atomic mass is 10.3. The molecule has 0 radical (unpaired) electrons. The Morgan fingerprint density at radius 3 is 2.56 bits per heavy atom. The zero-order valence-corrected chi connectivity index (χ0v) is 5.67. The van der Waals surface area contributed by atoms with Gasteiger partial charge in [-0.1, -0.05) is 12.2 Å². The maximum Gasteiger partial charge on any atom is 0.0356 e. The summed E-state index contributed by atoms with van der Waals surface area (Å²) < 4.78 is 0. The number of allylic oxidation sites excluding steroid dienone is 2. The molecule has 0 aromatic carbocycles. The van der Waals surface area contributed by atoms with Crippen molar-refractivity contribution in [1.82, 2.24) is 4.90 Å². The zero-order chi connectivity index (χ0) is 5.82. The second-order valence-electron chi connectivity index (χ2n) is 1.86. The summed E-state index contributed by atoms with van der Waals surface area (Å²) in [6.45, 7) is 4.34. The number of rotatable bonds is 1. The van der Waals surface area contributed by atoms with E-state index < -0.39 is 0 Å². The fraction of sp³-hybridized carbons (Fsp3) is 0.429. The molecule has 0 aromatic rings. The Morgan fingerprint density at radius 1 is 1.44 bits per heavy atom. The topological polar surface area (TPSA) is 34.7 Å². The van der Waals surface area contributed by atoms with Gasteiger partial charge in [-0.15, -0.1) is 0 Å². The Bertz CT molecular complexity index is 118. The van der Waals surface area contributed by atoms with E-state index in [9.17, 15) is 0 Å². The minimum atomic E-state index is 0. The average molecular weight is 127 g/mol. The maximum absolute atomic E-state index is 2.25. The van der Waals surface area contributed by atoms with Crippen molar-refractivity contribution in [3.05, 3.63) is 24.4 Å². The van der Waals surface area contributed by atoms with E-state index in [0.29, 0.717) is 0 Å². The predicted octanol–water partition coefficient (Wildman–Crippen LogP) is 0.567. The van der Waals surface area contributed by atoms with Crippen molar-refractivity contribution in [1.29, 1.82) is 0 Å². The normalized spacial score (nSPS) is 15.4. The van der Waals surface area contributed by atoms with Crippen LogP contribution in [0.2, 0.25) is 0 Å². The lowest BCUT2D eigenvalue weighted by molar-refractivity contribution is 0.436. The highest BCUT2D eigenvalue weighted by Gasteiger charge is 1.91. The second-order valence-corrected chi connectivity index (χ2v) is 1.86. The van der Waals surface area contributed by atoms with Crippen molar-refractivity contribution in [3.63, 3.8) is 0 Å². The van der Waals surface area contributed by atoms with Crippen LogP contribution < -0.4 is 0 Å².